The second-order valence-corrected chi connectivity index (χ2v) is 19.3. The first-order valence-electron chi connectivity index (χ1n) is 17.6. The molecule has 6 aromatic rings. The molecule has 0 radical (unpaired) electrons. The second kappa shape index (κ2) is 23.3. The molecule has 0 fully saturated rings. The van der Waals surface area contributed by atoms with Gasteiger partial charge in [0.2, 0.25) is 27.6 Å². The van der Waals surface area contributed by atoms with Gasteiger partial charge in [-0.15, -0.1) is 29.1 Å². The predicted octanol–water partition coefficient (Wildman–Crippen LogP) is 8.70. The molecule has 368 valence electrons. The topological polar surface area (TPSA) is 450 Å². The number of aromatic hydroxyl groups is 1. The van der Waals surface area contributed by atoms with E-state index in [-0.39, 0.29) is 87.9 Å². The molecule has 0 saturated carbocycles. The number of aliphatic carboxylic acids is 1. The molecule has 38 heteroatoms. The number of fused-ring (bicyclic) bond motifs is 1. The Labute approximate surface area is 416 Å². The summed E-state index contributed by atoms with van der Waals surface area (Å²) in [6.45, 7) is 3.40. The molecular formula is C32H23Cl2N13O17S6. The molecule has 2 heterocycles. The molecule has 0 unspecified atom stereocenters. The summed E-state index contributed by atoms with van der Waals surface area (Å²) in [6, 6.07) is 9.03. The summed E-state index contributed by atoms with van der Waals surface area (Å²) in [6.07, 6.45) is 0. The van der Waals surface area contributed by atoms with E-state index in [0.717, 1.165) is 36.0 Å². The normalized spacial score (nSPS) is 12.0. The first-order valence-corrected chi connectivity index (χ1v) is 24.5. The first kappa shape index (κ1) is 53.4. The quantitative estimate of drug-likeness (QED) is 0.00444. The van der Waals surface area contributed by atoms with Gasteiger partial charge in [-0.1, -0.05) is 21.8 Å². The molecule has 0 saturated heterocycles. The van der Waals surface area contributed by atoms with E-state index in [1.807, 2.05) is 0 Å². The third-order valence-corrected chi connectivity index (χ3v) is 12.8. The summed E-state index contributed by atoms with van der Waals surface area (Å²) in [4.78, 5) is 36.5. The lowest BCUT2D eigenvalue weighted by Crippen LogP contribution is -2.03. The number of nitrogens with two attached hydrogens (primary N) is 1. The predicted molar refractivity (Wildman–Crippen MR) is 246 cm³/mol. The summed E-state index contributed by atoms with van der Waals surface area (Å²) in [5.41, 5.74) is 3.86. The molecule has 0 aliphatic carbocycles. The van der Waals surface area contributed by atoms with Crippen LogP contribution in [0.15, 0.2) is 111 Å². The van der Waals surface area contributed by atoms with Crippen molar-refractivity contribution >= 4 is 159 Å². The number of anilines is 5. The minimum atomic E-state index is -5.22. The van der Waals surface area contributed by atoms with Gasteiger partial charge in [-0.2, -0.15) is 46.7 Å². The minimum absolute atomic E-state index is 0.0117. The van der Waals surface area contributed by atoms with Crippen LogP contribution in [0.2, 0.25) is 10.6 Å². The van der Waals surface area contributed by atoms with Gasteiger partial charge in [-0.05, 0) is 95.5 Å². The molecule has 30 nitrogen and oxygen atoms in total. The molecule has 2 aromatic heterocycles. The summed E-state index contributed by atoms with van der Waals surface area (Å²) in [5, 5.41) is 74.3. The molecule has 0 aliphatic heterocycles. The van der Waals surface area contributed by atoms with Crippen LogP contribution >= 0.6 is 70.8 Å². The van der Waals surface area contributed by atoms with Crippen LogP contribution in [0.25, 0.3) is 10.8 Å². The number of benzene rings is 4. The summed E-state index contributed by atoms with van der Waals surface area (Å²) < 4.78 is 80.3. The van der Waals surface area contributed by atoms with Gasteiger partial charge in [0.15, 0.2) is 16.0 Å². The monoisotopic (exact) mass is 1120 g/mol. The van der Waals surface area contributed by atoms with Crippen LogP contribution in [0, 0.1) is 0 Å². The Morgan fingerprint density at radius 3 is 1.89 bits per heavy atom. The molecule has 0 atom stereocenters. The van der Waals surface area contributed by atoms with Crippen LogP contribution in [0.4, 0.5) is 51.7 Å². The number of hydrogen-bond donors (Lipinski definition) is 10. The van der Waals surface area contributed by atoms with E-state index >= 15 is 0 Å². The van der Waals surface area contributed by atoms with Gasteiger partial charge in [0.25, 0.3) is 20.2 Å². The molecule has 0 aliphatic rings. The number of carbonyl (C=O) groups is 1. The zero-order valence-electron chi connectivity index (χ0n) is 33.5. The summed E-state index contributed by atoms with van der Waals surface area (Å²) in [5.74, 6) is -2.81. The number of phenolic OH excluding ortho intramolecular Hbond substituents is 1. The number of nitrogens with one attached hydrogen (secondary N) is 2. The highest BCUT2D eigenvalue weighted by atomic mass is 35.5. The molecule has 0 bridgehead atoms. The highest BCUT2D eigenvalue weighted by molar-refractivity contribution is 8.02. The van der Waals surface area contributed by atoms with Crippen molar-refractivity contribution in [3.63, 3.8) is 0 Å². The van der Waals surface area contributed by atoms with Crippen molar-refractivity contribution in [3.05, 3.63) is 70.8 Å². The lowest BCUT2D eigenvalue weighted by Gasteiger charge is -2.14. The Morgan fingerprint density at radius 2 is 1.29 bits per heavy atom. The van der Waals surface area contributed by atoms with E-state index in [1.165, 1.54) is 24.3 Å². The summed E-state index contributed by atoms with van der Waals surface area (Å²) >= 11 is 13.9. The summed E-state index contributed by atoms with van der Waals surface area (Å²) in [7, 11) is -10.3. The Balaban J connectivity index is 1.41. The van der Waals surface area contributed by atoms with Gasteiger partial charge in [0, 0.05) is 11.4 Å². The van der Waals surface area contributed by atoms with Gasteiger partial charge in [0.05, 0.1) is 50.7 Å². The van der Waals surface area contributed by atoms with Crippen LogP contribution in [-0.2, 0) is 48.7 Å². The Morgan fingerprint density at radius 1 is 0.729 bits per heavy atom. The van der Waals surface area contributed by atoms with Gasteiger partial charge in [-0.25, -0.2) is 15.8 Å². The second-order valence-electron chi connectivity index (χ2n) is 12.4. The highest BCUT2D eigenvalue weighted by Crippen LogP contribution is 2.50. The van der Waals surface area contributed by atoms with Crippen LogP contribution in [-0.4, -0.2) is 93.6 Å². The van der Waals surface area contributed by atoms with Crippen LogP contribution in [0.5, 0.6) is 5.75 Å². The van der Waals surface area contributed by atoms with E-state index in [4.69, 9.17) is 49.8 Å². The smallest absolute Gasteiger partial charge is 0.313 e. The molecule has 70 heavy (non-hydrogen) atoms. The maximum absolute atomic E-state index is 12.8. The van der Waals surface area contributed by atoms with Crippen molar-refractivity contribution in [1.29, 1.82) is 0 Å². The molecule has 0 spiro atoms. The van der Waals surface area contributed by atoms with Crippen LogP contribution in [0.1, 0.15) is 0 Å². The Bertz CT molecular complexity index is 3310. The Hall–Kier alpha value is -5.91. The fourth-order valence-corrected chi connectivity index (χ4v) is 9.06. The van der Waals surface area contributed by atoms with Gasteiger partial charge >= 0.3 is 5.97 Å². The number of nitrogen functional groups attached to an aromatic ring is 1. The standard InChI is InChI=1S/C32H23Cl2N13O17S6/c1-11(60-51)66-32-41-28(34)39-30(43-32)37-14-3-5-16(19(9-14)69(54,55)56)45-46-24-18(68-64-62-53)6-12-7-20(70(57,58)59)25(23(35)22(12)26(24)50)47-44-15-4-2-13(8-17(15)67-63-61-52)36-29-38-27(33)40-31(42-29)65-10-21(48)49/h2-9,50-53H,1,10,35H2,(H,48,49)(H,54,55,56)(H,57,58,59)(H,36,38,40,42)(H,37,39,41,43). The number of thioether (sulfide) groups is 2. The van der Waals surface area contributed by atoms with E-state index in [2.05, 4.69) is 91.2 Å². The average Bonchev–Trinajstić information content (AvgIpc) is 3.28. The zero-order valence-corrected chi connectivity index (χ0v) is 39.9. The molecule has 4 aromatic carbocycles. The molecule has 11 N–H and O–H groups in total. The lowest BCUT2D eigenvalue weighted by molar-refractivity contribution is -0.432. The number of rotatable bonds is 22. The number of carboxylic acids is 1. The Kier molecular flexibility index (Phi) is 17.8. The van der Waals surface area contributed by atoms with Crippen molar-refractivity contribution < 1.29 is 80.4 Å². The number of phenols is 1. The fourth-order valence-electron chi connectivity index (χ4n) is 5.30. The van der Waals surface area contributed by atoms with Crippen molar-refractivity contribution in [1.82, 2.24) is 29.9 Å². The van der Waals surface area contributed by atoms with Gasteiger partial charge in [0.1, 0.15) is 32.5 Å². The molecular weight excluding hydrogens is 1100 g/mol. The number of hydrogen-bond acceptors (Lipinski definition) is 31. The maximum Gasteiger partial charge on any atom is 0.313 e. The van der Waals surface area contributed by atoms with E-state index in [0.29, 0.717) is 23.8 Å². The van der Waals surface area contributed by atoms with Gasteiger partial charge in [-0.3, -0.25) is 13.9 Å². The number of aromatic nitrogens is 6. The van der Waals surface area contributed by atoms with Crippen LogP contribution in [0.3, 0.4) is 0 Å². The van der Waals surface area contributed by atoms with Crippen molar-refractivity contribution in [2.75, 3.05) is 22.1 Å². The van der Waals surface area contributed by atoms with E-state index < -0.39 is 69.9 Å². The fraction of sp³-hybridized carbons (Fsp3) is 0.0312. The number of azo groups is 2. The van der Waals surface area contributed by atoms with Crippen molar-refractivity contribution in [2.24, 2.45) is 20.5 Å². The van der Waals surface area contributed by atoms with Gasteiger partial charge < -0.3 is 31.5 Å². The first-order chi connectivity index (χ1) is 33.2. The number of halogens is 2. The number of nitrogens with zero attached hydrogens (tertiary/aromatic N) is 10. The molecule has 6 rings (SSSR count). The number of carboxylic acid groups (broad SMARTS) is 1. The third kappa shape index (κ3) is 13.9. The van der Waals surface area contributed by atoms with Crippen molar-refractivity contribution in [2.45, 2.75) is 29.9 Å². The largest absolute Gasteiger partial charge is 0.505 e. The zero-order chi connectivity index (χ0) is 50.9. The van der Waals surface area contributed by atoms with Crippen LogP contribution < -0.4 is 16.4 Å². The van der Waals surface area contributed by atoms with Crippen molar-refractivity contribution in [3.8, 4) is 5.75 Å². The minimum Gasteiger partial charge on any atom is -0.505 e. The average molecular weight is 1120 g/mol. The molecule has 0 amide bonds. The van der Waals surface area contributed by atoms with E-state index in [1.54, 1.807) is 0 Å². The third-order valence-electron chi connectivity index (χ3n) is 7.93. The highest BCUT2D eigenvalue weighted by Gasteiger charge is 2.26. The maximum atomic E-state index is 12.8. The SMILES string of the molecule is C=C(OO)Sc1nc(Cl)nc(Nc2ccc(N=Nc3c(SOOO)cc4cc(S(=O)(=O)O)c(N=Nc5ccc(Nc6nc(Cl)nc(SCC(=O)O)n6)cc5SOOO)c(N)c4c3O)c(S(=O)(=O)O)c2)n1. The lowest BCUT2D eigenvalue weighted by atomic mass is 10.1. The van der Waals surface area contributed by atoms with E-state index in [9.17, 15) is 35.8 Å².